The Labute approximate surface area is 140 Å². The largest absolute Gasteiger partial charge is 0.518 e. The highest BCUT2D eigenvalue weighted by molar-refractivity contribution is 6.74. The molecule has 0 aliphatic rings. The summed E-state index contributed by atoms with van der Waals surface area (Å²) in [5.41, 5.74) is 0. The highest BCUT2D eigenvalue weighted by Gasteiger charge is 2.42. The third kappa shape index (κ3) is 6.96. The lowest BCUT2D eigenvalue weighted by molar-refractivity contribution is -0.145. The zero-order valence-electron chi connectivity index (χ0n) is 16.5. The maximum atomic E-state index is 12.7. The molecular formula is C17H38O3Si2. The monoisotopic (exact) mass is 346 g/mol. The number of unbranched alkanes of at least 4 members (excludes halogenated alkanes) is 1. The van der Waals surface area contributed by atoms with Crippen molar-refractivity contribution in [1.29, 1.82) is 0 Å². The van der Waals surface area contributed by atoms with Gasteiger partial charge in [0.25, 0.3) is 0 Å². The van der Waals surface area contributed by atoms with Crippen LogP contribution in [-0.4, -0.2) is 28.7 Å². The van der Waals surface area contributed by atoms with Crippen molar-refractivity contribution in [3.05, 3.63) is 0 Å². The van der Waals surface area contributed by atoms with Gasteiger partial charge in [-0.05, 0) is 43.2 Å². The molecule has 0 saturated carbocycles. The maximum Gasteiger partial charge on any atom is 0.320 e. The summed E-state index contributed by atoms with van der Waals surface area (Å²) in [4.78, 5) is 12.7. The van der Waals surface area contributed by atoms with Crippen molar-refractivity contribution in [2.75, 3.05) is 0 Å². The molecule has 22 heavy (non-hydrogen) atoms. The first-order valence-electron chi connectivity index (χ1n) is 8.64. The van der Waals surface area contributed by atoms with Gasteiger partial charge in [0.2, 0.25) is 8.32 Å². The third-order valence-corrected chi connectivity index (χ3v) is 11.3. The summed E-state index contributed by atoms with van der Waals surface area (Å²) in [6.07, 6.45) is 1.83. The van der Waals surface area contributed by atoms with Crippen molar-refractivity contribution in [3.63, 3.8) is 0 Å². The topological polar surface area (TPSA) is 35.5 Å². The molecule has 0 spiro atoms. The van der Waals surface area contributed by atoms with Crippen molar-refractivity contribution in [3.8, 4) is 0 Å². The SMILES string of the molecule is CCCC[Si](C)(C)OC(=O)C(O[Si](C)(C)C(C)(C)C)C(C)C. The van der Waals surface area contributed by atoms with Crippen LogP contribution in [0.2, 0.25) is 37.3 Å². The lowest BCUT2D eigenvalue weighted by Gasteiger charge is -2.40. The third-order valence-electron chi connectivity index (χ3n) is 4.57. The van der Waals surface area contributed by atoms with Gasteiger partial charge in [-0.15, -0.1) is 0 Å². The summed E-state index contributed by atoms with van der Waals surface area (Å²) in [5.74, 6) is -0.00908. The van der Waals surface area contributed by atoms with Crippen LogP contribution in [0.3, 0.4) is 0 Å². The van der Waals surface area contributed by atoms with Gasteiger partial charge in [0.05, 0.1) is 0 Å². The van der Waals surface area contributed by atoms with Crippen LogP contribution in [0.4, 0.5) is 0 Å². The van der Waals surface area contributed by atoms with Crippen molar-refractivity contribution < 1.29 is 13.6 Å². The molecule has 0 aromatic rings. The first kappa shape index (κ1) is 21.9. The van der Waals surface area contributed by atoms with E-state index in [4.69, 9.17) is 8.85 Å². The van der Waals surface area contributed by atoms with Crippen molar-refractivity contribution >= 4 is 22.6 Å². The van der Waals surface area contributed by atoms with Gasteiger partial charge in [0.15, 0.2) is 8.32 Å². The summed E-state index contributed by atoms with van der Waals surface area (Å²) in [6, 6.07) is 1.03. The Hall–Kier alpha value is -0.136. The molecule has 0 rings (SSSR count). The second-order valence-electron chi connectivity index (χ2n) is 8.83. The van der Waals surface area contributed by atoms with E-state index in [1.54, 1.807) is 0 Å². The van der Waals surface area contributed by atoms with E-state index < -0.39 is 22.7 Å². The number of hydrogen-bond acceptors (Lipinski definition) is 3. The highest BCUT2D eigenvalue weighted by Crippen LogP contribution is 2.38. The molecule has 3 nitrogen and oxygen atoms in total. The summed E-state index contributed by atoms with van der Waals surface area (Å²) < 4.78 is 12.3. The van der Waals surface area contributed by atoms with E-state index in [2.05, 4.69) is 53.9 Å². The normalized spacial score (nSPS) is 15.0. The molecule has 0 radical (unpaired) electrons. The van der Waals surface area contributed by atoms with Crippen molar-refractivity contribution in [2.45, 2.75) is 97.8 Å². The molecule has 0 heterocycles. The molecule has 1 atom stereocenters. The Morgan fingerprint density at radius 1 is 1.09 bits per heavy atom. The van der Waals surface area contributed by atoms with Crippen LogP contribution in [-0.2, 0) is 13.6 Å². The minimum Gasteiger partial charge on any atom is -0.518 e. The van der Waals surface area contributed by atoms with Gasteiger partial charge in [0.1, 0.15) is 6.10 Å². The molecule has 0 aliphatic heterocycles. The smallest absolute Gasteiger partial charge is 0.320 e. The molecule has 0 aromatic heterocycles. The van der Waals surface area contributed by atoms with Gasteiger partial charge in [0, 0.05) is 0 Å². The predicted octanol–water partition coefficient (Wildman–Crippen LogP) is 5.58. The van der Waals surface area contributed by atoms with Crippen molar-refractivity contribution in [2.24, 2.45) is 5.92 Å². The van der Waals surface area contributed by atoms with Gasteiger partial charge in [-0.1, -0.05) is 54.4 Å². The van der Waals surface area contributed by atoms with Gasteiger partial charge >= 0.3 is 5.97 Å². The molecule has 0 amide bonds. The summed E-state index contributed by atoms with van der Waals surface area (Å²) in [5, 5.41) is 0.0928. The standard InChI is InChI=1S/C17H38O3Si2/c1-11-12-13-21(7,8)20-16(18)15(14(2)3)19-22(9,10)17(4,5)6/h14-15H,11-13H2,1-10H3. The van der Waals surface area contributed by atoms with Crippen LogP contribution >= 0.6 is 0 Å². The van der Waals surface area contributed by atoms with E-state index in [-0.39, 0.29) is 16.9 Å². The number of carbonyl (C=O) groups excluding carboxylic acids is 1. The summed E-state index contributed by atoms with van der Waals surface area (Å²) >= 11 is 0. The first-order valence-corrected chi connectivity index (χ1v) is 14.7. The van der Waals surface area contributed by atoms with Gasteiger partial charge in [-0.3, -0.25) is 4.79 Å². The van der Waals surface area contributed by atoms with Gasteiger partial charge in [-0.2, -0.15) is 0 Å². The Morgan fingerprint density at radius 2 is 1.59 bits per heavy atom. The fourth-order valence-electron chi connectivity index (χ4n) is 1.93. The molecule has 132 valence electrons. The molecule has 1 unspecified atom stereocenters. The first-order chi connectivity index (χ1) is 9.73. The number of rotatable bonds is 8. The molecule has 0 fully saturated rings. The van der Waals surface area contributed by atoms with Crippen LogP contribution in [0.25, 0.3) is 0 Å². The molecule has 0 aromatic carbocycles. The number of hydrogen-bond donors (Lipinski definition) is 0. The van der Waals surface area contributed by atoms with E-state index >= 15 is 0 Å². The van der Waals surface area contributed by atoms with E-state index in [1.807, 2.05) is 13.8 Å². The minimum absolute atomic E-state index is 0.0928. The summed E-state index contributed by atoms with van der Waals surface area (Å²) in [6.45, 7) is 21.5. The second kappa shape index (κ2) is 8.11. The van der Waals surface area contributed by atoms with Crippen LogP contribution < -0.4 is 0 Å². The fourth-order valence-corrected chi connectivity index (χ4v) is 5.26. The quantitative estimate of drug-likeness (QED) is 0.538. The second-order valence-corrected chi connectivity index (χ2v) is 17.8. The van der Waals surface area contributed by atoms with Crippen molar-refractivity contribution in [1.82, 2.24) is 0 Å². The molecule has 0 saturated heterocycles. The zero-order valence-corrected chi connectivity index (χ0v) is 18.5. The molecule has 0 N–H and O–H groups in total. The maximum absolute atomic E-state index is 12.7. The van der Waals surface area contributed by atoms with Crippen LogP contribution in [0.15, 0.2) is 0 Å². The average molecular weight is 347 g/mol. The van der Waals surface area contributed by atoms with Gasteiger partial charge < -0.3 is 8.85 Å². The Kier molecular flexibility index (Phi) is 8.06. The average Bonchev–Trinajstić information content (AvgIpc) is 2.31. The van der Waals surface area contributed by atoms with E-state index in [0.29, 0.717) is 0 Å². The van der Waals surface area contributed by atoms with E-state index in [1.165, 1.54) is 0 Å². The number of carbonyl (C=O) groups is 1. The minimum atomic E-state index is -1.98. The molecular weight excluding hydrogens is 308 g/mol. The molecule has 5 heteroatoms. The lowest BCUT2D eigenvalue weighted by Crippen LogP contribution is -2.49. The van der Waals surface area contributed by atoms with Crippen LogP contribution in [0, 0.1) is 5.92 Å². The molecule has 0 aliphatic carbocycles. The fraction of sp³-hybridized carbons (Fsp3) is 0.941. The summed E-state index contributed by atoms with van der Waals surface area (Å²) in [7, 11) is -3.91. The Bertz CT molecular complexity index is 357. The zero-order chi connectivity index (χ0) is 17.8. The Morgan fingerprint density at radius 3 is 1.95 bits per heavy atom. The molecule has 0 bridgehead atoms. The van der Waals surface area contributed by atoms with Gasteiger partial charge in [-0.25, -0.2) is 0 Å². The van der Waals surface area contributed by atoms with Crippen LogP contribution in [0.5, 0.6) is 0 Å². The van der Waals surface area contributed by atoms with Crippen LogP contribution in [0.1, 0.15) is 54.4 Å². The predicted molar refractivity (Wildman–Crippen MR) is 100 cm³/mol. The van der Waals surface area contributed by atoms with E-state index in [9.17, 15) is 4.79 Å². The van der Waals surface area contributed by atoms with E-state index in [0.717, 1.165) is 18.9 Å². The highest BCUT2D eigenvalue weighted by atomic mass is 28.4. The Balaban J connectivity index is 5.01. The lowest BCUT2D eigenvalue weighted by atomic mass is 10.1.